The minimum atomic E-state index is -0.552. The van der Waals surface area contributed by atoms with Crippen molar-refractivity contribution in [3.8, 4) is 11.1 Å². The van der Waals surface area contributed by atoms with Crippen molar-refractivity contribution in [2.45, 2.75) is 6.92 Å². The monoisotopic (exact) mass is 204 g/mol. The van der Waals surface area contributed by atoms with Crippen LogP contribution in [0.1, 0.15) is 5.56 Å². The molecule has 0 nitrogen and oxygen atoms in total. The summed E-state index contributed by atoms with van der Waals surface area (Å²) in [6.07, 6.45) is 0. The normalized spacial score (nSPS) is 10.3. The van der Waals surface area contributed by atoms with Crippen molar-refractivity contribution in [2.75, 3.05) is 0 Å². The van der Waals surface area contributed by atoms with Crippen LogP contribution < -0.4 is 0 Å². The van der Waals surface area contributed by atoms with Gasteiger partial charge in [-0.3, -0.25) is 0 Å². The van der Waals surface area contributed by atoms with Crippen molar-refractivity contribution >= 4 is 0 Å². The summed E-state index contributed by atoms with van der Waals surface area (Å²) in [7, 11) is 0. The first kappa shape index (κ1) is 9.84. The number of benzene rings is 2. The summed E-state index contributed by atoms with van der Waals surface area (Å²) in [5, 5.41) is 0. The van der Waals surface area contributed by atoms with Crippen LogP contribution in [0.15, 0.2) is 42.5 Å². The van der Waals surface area contributed by atoms with Crippen molar-refractivity contribution < 1.29 is 8.78 Å². The van der Waals surface area contributed by atoms with E-state index in [1.54, 1.807) is 0 Å². The van der Waals surface area contributed by atoms with Crippen LogP contribution in [0.3, 0.4) is 0 Å². The molecule has 76 valence electrons. The lowest BCUT2D eigenvalue weighted by atomic mass is 10.0. The summed E-state index contributed by atoms with van der Waals surface area (Å²) in [5.74, 6) is -1.08. The van der Waals surface area contributed by atoms with Gasteiger partial charge >= 0.3 is 0 Å². The second-order valence-corrected chi connectivity index (χ2v) is 3.49. The zero-order chi connectivity index (χ0) is 10.8. The van der Waals surface area contributed by atoms with E-state index >= 15 is 0 Å². The highest BCUT2D eigenvalue weighted by Gasteiger charge is 2.05. The highest BCUT2D eigenvalue weighted by molar-refractivity contribution is 5.64. The van der Waals surface area contributed by atoms with Crippen LogP contribution in [0.2, 0.25) is 0 Å². The highest BCUT2D eigenvalue weighted by atomic mass is 19.1. The average Bonchev–Trinajstić information content (AvgIpc) is 2.20. The molecule has 0 spiro atoms. The number of rotatable bonds is 1. The molecule has 0 radical (unpaired) electrons. The van der Waals surface area contributed by atoms with Gasteiger partial charge < -0.3 is 0 Å². The third-order valence-electron chi connectivity index (χ3n) is 2.29. The van der Waals surface area contributed by atoms with Gasteiger partial charge in [-0.2, -0.15) is 0 Å². The second-order valence-electron chi connectivity index (χ2n) is 3.49. The number of hydrogen-bond donors (Lipinski definition) is 0. The van der Waals surface area contributed by atoms with Gasteiger partial charge in [0.2, 0.25) is 0 Å². The molecule has 2 heteroatoms. The third-order valence-corrected chi connectivity index (χ3v) is 2.29. The van der Waals surface area contributed by atoms with Gasteiger partial charge in [-0.25, -0.2) is 8.78 Å². The van der Waals surface area contributed by atoms with E-state index in [-0.39, 0.29) is 0 Å². The van der Waals surface area contributed by atoms with Gasteiger partial charge in [0.05, 0.1) is 0 Å². The molecule has 0 saturated carbocycles. The fraction of sp³-hybridized carbons (Fsp3) is 0.0769. The van der Waals surface area contributed by atoms with Gasteiger partial charge in [-0.05, 0) is 24.6 Å². The molecule has 0 aliphatic rings. The topological polar surface area (TPSA) is 0 Å². The Morgan fingerprint density at radius 2 is 1.53 bits per heavy atom. The predicted molar refractivity (Wildman–Crippen MR) is 56.5 cm³/mol. The Labute approximate surface area is 87.2 Å². The molecular formula is C13H10F2. The molecule has 2 aromatic rings. The largest absolute Gasteiger partial charge is 0.207 e. The Morgan fingerprint density at radius 3 is 2.13 bits per heavy atom. The summed E-state index contributed by atoms with van der Waals surface area (Å²) in [6.45, 7) is 1.96. The van der Waals surface area contributed by atoms with E-state index in [1.807, 2.05) is 31.2 Å². The van der Waals surface area contributed by atoms with Gasteiger partial charge in [0.1, 0.15) is 11.6 Å². The zero-order valence-electron chi connectivity index (χ0n) is 8.30. The molecule has 2 rings (SSSR count). The number of hydrogen-bond acceptors (Lipinski definition) is 0. The molecule has 0 fully saturated rings. The Bertz CT molecular complexity index is 472. The number of halogens is 2. The van der Waals surface area contributed by atoms with Gasteiger partial charge in [-0.1, -0.05) is 29.8 Å². The van der Waals surface area contributed by atoms with Crippen molar-refractivity contribution in [2.24, 2.45) is 0 Å². The van der Waals surface area contributed by atoms with E-state index in [0.29, 0.717) is 5.56 Å². The fourth-order valence-corrected chi connectivity index (χ4v) is 1.46. The maximum Gasteiger partial charge on any atom is 0.133 e. The van der Waals surface area contributed by atoms with Crippen molar-refractivity contribution in [3.63, 3.8) is 0 Å². The summed E-state index contributed by atoms with van der Waals surface area (Å²) < 4.78 is 26.1. The minimum Gasteiger partial charge on any atom is -0.207 e. The van der Waals surface area contributed by atoms with Gasteiger partial charge in [0.25, 0.3) is 0 Å². The summed E-state index contributed by atoms with van der Waals surface area (Å²) >= 11 is 0. The first-order valence-electron chi connectivity index (χ1n) is 4.69. The van der Waals surface area contributed by atoms with Crippen LogP contribution in [0, 0.1) is 18.6 Å². The second kappa shape index (κ2) is 3.81. The third kappa shape index (κ3) is 2.04. The summed E-state index contributed by atoms with van der Waals surface area (Å²) in [4.78, 5) is 0. The van der Waals surface area contributed by atoms with E-state index in [1.165, 1.54) is 12.1 Å². The Kier molecular flexibility index (Phi) is 2.50. The van der Waals surface area contributed by atoms with Gasteiger partial charge in [0.15, 0.2) is 0 Å². The van der Waals surface area contributed by atoms with E-state index in [9.17, 15) is 8.78 Å². The molecular weight excluding hydrogens is 194 g/mol. The highest BCUT2D eigenvalue weighted by Crippen LogP contribution is 2.23. The van der Waals surface area contributed by atoms with Gasteiger partial charge in [0, 0.05) is 11.6 Å². The zero-order valence-corrected chi connectivity index (χ0v) is 8.30. The Hall–Kier alpha value is -1.70. The summed E-state index contributed by atoms with van der Waals surface area (Å²) in [5.41, 5.74) is 2.30. The van der Waals surface area contributed by atoms with Crippen LogP contribution in [0.4, 0.5) is 8.78 Å². The Morgan fingerprint density at radius 1 is 0.867 bits per heavy atom. The molecule has 0 heterocycles. The molecule has 0 aromatic heterocycles. The lowest BCUT2D eigenvalue weighted by Gasteiger charge is -2.03. The molecule has 0 amide bonds. The van der Waals surface area contributed by atoms with Crippen LogP contribution in [-0.4, -0.2) is 0 Å². The van der Waals surface area contributed by atoms with E-state index in [0.717, 1.165) is 17.2 Å². The van der Waals surface area contributed by atoms with Gasteiger partial charge in [-0.15, -0.1) is 0 Å². The molecule has 15 heavy (non-hydrogen) atoms. The van der Waals surface area contributed by atoms with E-state index in [2.05, 4.69) is 0 Å². The van der Waals surface area contributed by atoms with E-state index < -0.39 is 11.6 Å². The first-order chi connectivity index (χ1) is 7.16. The molecule has 0 N–H and O–H groups in total. The number of aryl methyl sites for hydroxylation is 1. The molecule has 0 atom stereocenters. The fourth-order valence-electron chi connectivity index (χ4n) is 1.46. The molecule has 0 aliphatic heterocycles. The Balaban J connectivity index is 2.49. The lowest BCUT2D eigenvalue weighted by molar-refractivity contribution is 0.585. The van der Waals surface area contributed by atoms with Crippen LogP contribution >= 0.6 is 0 Å². The molecule has 2 aromatic carbocycles. The molecule has 0 bridgehead atoms. The molecule has 0 aliphatic carbocycles. The first-order valence-corrected chi connectivity index (χ1v) is 4.69. The smallest absolute Gasteiger partial charge is 0.133 e. The lowest BCUT2D eigenvalue weighted by Crippen LogP contribution is -1.86. The predicted octanol–water partition coefficient (Wildman–Crippen LogP) is 3.94. The van der Waals surface area contributed by atoms with Crippen LogP contribution in [0.25, 0.3) is 11.1 Å². The minimum absolute atomic E-state index is 0.427. The van der Waals surface area contributed by atoms with Crippen molar-refractivity contribution in [1.29, 1.82) is 0 Å². The molecule has 0 unspecified atom stereocenters. The maximum atomic E-state index is 13.4. The van der Waals surface area contributed by atoms with Crippen molar-refractivity contribution in [1.82, 2.24) is 0 Å². The maximum absolute atomic E-state index is 13.4. The average molecular weight is 204 g/mol. The summed E-state index contributed by atoms with van der Waals surface area (Å²) in [6, 6.07) is 11.1. The van der Waals surface area contributed by atoms with Crippen molar-refractivity contribution in [3.05, 3.63) is 59.7 Å². The van der Waals surface area contributed by atoms with Crippen LogP contribution in [-0.2, 0) is 0 Å². The van der Waals surface area contributed by atoms with Crippen LogP contribution in [0.5, 0.6) is 0 Å². The molecule has 0 saturated heterocycles. The standard InChI is InChI=1S/C13H10F2/c1-9-2-4-10(5-3-9)12-7-6-11(14)8-13(12)15/h2-8H,1H3. The van der Waals surface area contributed by atoms with E-state index in [4.69, 9.17) is 0 Å². The SMILES string of the molecule is Cc1ccc(-c2ccc(F)cc2F)cc1. The quantitative estimate of drug-likeness (QED) is 0.660.